The minimum Gasteiger partial charge on any atom is -0.351 e. The number of aromatic nitrogens is 2. The maximum absolute atomic E-state index is 13.4. The smallest absolute Gasteiger partial charge is 0.254 e. The number of benzene rings is 1. The number of hydrogen-bond donors (Lipinski definition) is 0. The third kappa shape index (κ3) is 2.79. The molecule has 4 heterocycles. The second kappa shape index (κ2) is 6.69. The van der Waals surface area contributed by atoms with E-state index in [9.17, 15) is 9.59 Å². The van der Waals surface area contributed by atoms with Crippen molar-refractivity contribution in [3.8, 4) is 0 Å². The summed E-state index contributed by atoms with van der Waals surface area (Å²) in [6, 6.07) is 9.45. The fourth-order valence-corrected chi connectivity index (χ4v) is 5.16. The van der Waals surface area contributed by atoms with E-state index >= 15 is 0 Å². The van der Waals surface area contributed by atoms with Crippen LogP contribution in [0.2, 0.25) is 0 Å². The normalized spacial score (nSPS) is 28.3. The highest BCUT2D eigenvalue weighted by Gasteiger charge is 2.65. The summed E-state index contributed by atoms with van der Waals surface area (Å²) < 4.78 is 8.08. The van der Waals surface area contributed by atoms with Gasteiger partial charge in [-0.3, -0.25) is 14.3 Å². The molecule has 29 heavy (non-hydrogen) atoms. The van der Waals surface area contributed by atoms with E-state index in [0.717, 1.165) is 5.56 Å². The Balaban J connectivity index is 1.39. The summed E-state index contributed by atoms with van der Waals surface area (Å²) in [5.74, 6) is 0.414. The van der Waals surface area contributed by atoms with Gasteiger partial charge in [-0.2, -0.15) is 5.10 Å². The minimum atomic E-state index is -0.631. The van der Waals surface area contributed by atoms with Gasteiger partial charge in [0.15, 0.2) is 5.72 Å². The molecule has 1 aromatic heterocycles. The zero-order chi connectivity index (χ0) is 20.2. The molecular formula is C22H26N4O3. The van der Waals surface area contributed by atoms with Gasteiger partial charge in [0, 0.05) is 30.9 Å². The van der Waals surface area contributed by atoms with Crippen molar-refractivity contribution in [2.45, 2.75) is 51.0 Å². The van der Waals surface area contributed by atoms with Crippen LogP contribution in [0.15, 0.2) is 42.7 Å². The summed E-state index contributed by atoms with van der Waals surface area (Å²) in [5.41, 5.74) is 1.04. The van der Waals surface area contributed by atoms with Gasteiger partial charge in [-0.1, -0.05) is 26.0 Å². The van der Waals surface area contributed by atoms with Crippen LogP contribution in [0.3, 0.4) is 0 Å². The number of amides is 2. The van der Waals surface area contributed by atoms with Crippen molar-refractivity contribution in [2.24, 2.45) is 5.92 Å². The van der Waals surface area contributed by atoms with E-state index in [4.69, 9.17) is 4.74 Å². The molecule has 0 saturated carbocycles. The molecule has 1 spiro atoms. The molecule has 0 bridgehead atoms. The Kier molecular flexibility index (Phi) is 4.24. The van der Waals surface area contributed by atoms with Crippen molar-refractivity contribution in [3.63, 3.8) is 0 Å². The molecule has 3 atom stereocenters. The Morgan fingerprint density at radius 1 is 1.34 bits per heavy atom. The number of hydrogen-bond acceptors (Lipinski definition) is 4. The second-order valence-corrected chi connectivity index (χ2v) is 8.60. The maximum atomic E-state index is 13.4. The third-order valence-electron chi connectivity index (χ3n) is 6.60. The number of carbonyl (C=O) groups is 2. The summed E-state index contributed by atoms with van der Waals surface area (Å²) in [6.07, 6.45) is 4.68. The summed E-state index contributed by atoms with van der Waals surface area (Å²) in [7, 11) is 0. The first kappa shape index (κ1) is 18.4. The lowest BCUT2D eigenvalue weighted by molar-refractivity contribution is -0.139. The van der Waals surface area contributed by atoms with Gasteiger partial charge in [-0.25, -0.2) is 0 Å². The van der Waals surface area contributed by atoms with Crippen LogP contribution in [0.1, 0.15) is 42.6 Å². The van der Waals surface area contributed by atoms with E-state index in [1.54, 1.807) is 6.20 Å². The molecule has 3 aliphatic rings. The molecule has 3 fully saturated rings. The lowest BCUT2D eigenvalue weighted by atomic mass is 10.0. The van der Waals surface area contributed by atoms with E-state index in [1.165, 1.54) is 0 Å². The highest BCUT2D eigenvalue weighted by atomic mass is 16.5. The van der Waals surface area contributed by atoms with Crippen LogP contribution in [0.5, 0.6) is 0 Å². The van der Waals surface area contributed by atoms with Gasteiger partial charge in [0.25, 0.3) is 5.91 Å². The molecule has 0 aliphatic carbocycles. The van der Waals surface area contributed by atoms with Crippen molar-refractivity contribution in [1.29, 1.82) is 0 Å². The number of rotatable bonds is 4. The lowest BCUT2D eigenvalue weighted by Gasteiger charge is -2.34. The lowest BCUT2D eigenvalue weighted by Crippen LogP contribution is -2.51. The maximum Gasteiger partial charge on any atom is 0.254 e. The van der Waals surface area contributed by atoms with Gasteiger partial charge in [0.05, 0.1) is 31.7 Å². The highest BCUT2D eigenvalue weighted by molar-refractivity contribution is 5.96. The summed E-state index contributed by atoms with van der Waals surface area (Å²) in [6.45, 7) is 6.03. The molecule has 7 heteroatoms. The molecule has 0 unspecified atom stereocenters. The van der Waals surface area contributed by atoms with Crippen LogP contribution in [0.25, 0.3) is 0 Å². The fourth-order valence-electron chi connectivity index (χ4n) is 5.16. The van der Waals surface area contributed by atoms with Crippen LogP contribution in [0, 0.1) is 5.92 Å². The Hall–Kier alpha value is -2.67. The topological polar surface area (TPSA) is 67.7 Å². The van der Waals surface area contributed by atoms with Crippen molar-refractivity contribution < 1.29 is 14.3 Å². The predicted octanol–water partition coefficient (Wildman–Crippen LogP) is 2.13. The predicted molar refractivity (Wildman–Crippen MR) is 106 cm³/mol. The molecule has 0 radical (unpaired) electrons. The minimum absolute atomic E-state index is 0.0274. The molecular weight excluding hydrogens is 368 g/mol. The Bertz CT molecular complexity index is 941. The number of likely N-dealkylation sites (tertiary alicyclic amines) is 1. The zero-order valence-corrected chi connectivity index (χ0v) is 16.8. The third-order valence-corrected chi connectivity index (χ3v) is 6.60. The quantitative estimate of drug-likeness (QED) is 0.797. The first-order valence-electron chi connectivity index (χ1n) is 10.3. The van der Waals surface area contributed by atoms with E-state index in [-0.39, 0.29) is 23.9 Å². The van der Waals surface area contributed by atoms with Gasteiger partial charge in [0.2, 0.25) is 5.91 Å². The van der Waals surface area contributed by atoms with Crippen LogP contribution >= 0.6 is 0 Å². The average Bonchev–Trinajstić information content (AvgIpc) is 3.45. The van der Waals surface area contributed by atoms with Crippen LogP contribution in [-0.4, -0.2) is 62.4 Å². The van der Waals surface area contributed by atoms with Crippen molar-refractivity contribution in [2.75, 3.05) is 13.2 Å². The molecule has 0 N–H and O–H groups in total. The summed E-state index contributed by atoms with van der Waals surface area (Å²) >= 11 is 0. The first-order valence-corrected chi connectivity index (χ1v) is 10.3. The second-order valence-electron chi connectivity index (χ2n) is 8.60. The number of carbonyl (C=O) groups excluding carboxylic acids is 2. The fraction of sp³-hybridized carbons (Fsp3) is 0.500. The molecule has 5 rings (SSSR count). The molecule has 3 saturated heterocycles. The Morgan fingerprint density at radius 3 is 2.97 bits per heavy atom. The van der Waals surface area contributed by atoms with E-state index in [0.29, 0.717) is 44.0 Å². The van der Waals surface area contributed by atoms with Crippen LogP contribution < -0.4 is 0 Å². The van der Waals surface area contributed by atoms with Gasteiger partial charge < -0.3 is 14.5 Å². The van der Waals surface area contributed by atoms with Crippen molar-refractivity contribution in [1.82, 2.24) is 19.6 Å². The average molecular weight is 394 g/mol. The van der Waals surface area contributed by atoms with Crippen LogP contribution in [0.4, 0.5) is 0 Å². The standard InChI is InChI=1S/C22H26N4O3/c1-15(2)18-14-29-22-7-10-25(19(22)12-20(27)26(18)22)21(28)17-6-3-5-16(11-17)13-24-9-4-8-23-24/h3-6,8-9,11,15,18-19H,7,10,12-14H2,1-2H3/t18-,19+,22-/m0/s1. The largest absolute Gasteiger partial charge is 0.351 e. The molecule has 3 aliphatic heterocycles. The van der Waals surface area contributed by atoms with E-state index < -0.39 is 5.72 Å². The molecule has 7 nitrogen and oxygen atoms in total. The summed E-state index contributed by atoms with van der Waals surface area (Å²) in [5, 5.41) is 4.23. The van der Waals surface area contributed by atoms with Crippen LogP contribution in [-0.2, 0) is 16.1 Å². The number of ether oxygens (including phenoxy) is 1. The van der Waals surface area contributed by atoms with Gasteiger partial charge in [0.1, 0.15) is 0 Å². The number of nitrogens with zero attached hydrogens (tertiary/aromatic N) is 4. The Labute approximate surface area is 170 Å². The van der Waals surface area contributed by atoms with Gasteiger partial charge in [-0.05, 0) is 29.7 Å². The zero-order valence-electron chi connectivity index (χ0n) is 16.8. The van der Waals surface area contributed by atoms with E-state index in [2.05, 4.69) is 18.9 Å². The Morgan fingerprint density at radius 2 is 2.21 bits per heavy atom. The first-order chi connectivity index (χ1) is 14.0. The molecule has 152 valence electrons. The highest BCUT2D eigenvalue weighted by Crippen LogP contribution is 2.49. The SMILES string of the molecule is CC(C)[C@@H]1CO[C@@]23CCN(C(=O)c4cccc(Cn5cccn5)c4)[C@@H]2CC(=O)N13. The molecule has 1 aromatic carbocycles. The van der Waals surface area contributed by atoms with E-state index in [1.807, 2.05) is 51.0 Å². The molecule has 2 amide bonds. The van der Waals surface area contributed by atoms with Gasteiger partial charge >= 0.3 is 0 Å². The van der Waals surface area contributed by atoms with Crippen molar-refractivity contribution >= 4 is 11.8 Å². The molecule has 2 aromatic rings. The van der Waals surface area contributed by atoms with Crippen molar-refractivity contribution in [3.05, 3.63) is 53.9 Å². The van der Waals surface area contributed by atoms with Gasteiger partial charge in [-0.15, -0.1) is 0 Å². The monoisotopic (exact) mass is 394 g/mol. The summed E-state index contributed by atoms with van der Waals surface area (Å²) in [4.78, 5) is 30.0.